The summed E-state index contributed by atoms with van der Waals surface area (Å²) in [4.78, 5) is 2.70. The fourth-order valence-electron chi connectivity index (χ4n) is 3.36. The molecule has 1 fully saturated rings. The SMILES string of the molecule is CC1CNc2ccccc2C1N1CCCCC1. The summed E-state index contributed by atoms with van der Waals surface area (Å²) in [5.74, 6) is 0.711. The van der Waals surface area contributed by atoms with Gasteiger partial charge in [-0.2, -0.15) is 0 Å². The van der Waals surface area contributed by atoms with Crippen molar-refractivity contribution in [1.29, 1.82) is 0 Å². The molecule has 2 nitrogen and oxygen atoms in total. The Bertz CT molecular complexity index is 382. The highest BCUT2D eigenvalue weighted by Crippen LogP contribution is 2.38. The average molecular weight is 230 g/mol. The number of para-hydroxylation sites is 1. The molecule has 0 aromatic heterocycles. The number of nitrogens with one attached hydrogen (secondary N) is 1. The lowest BCUT2D eigenvalue weighted by atomic mass is 9.87. The largest absolute Gasteiger partial charge is 0.384 e. The minimum Gasteiger partial charge on any atom is -0.384 e. The Morgan fingerprint density at radius 1 is 1.12 bits per heavy atom. The van der Waals surface area contributed by atoms with E-state index in [1.54, 1.807) is 0 Å². The average Bonchev–Trinajstić information content (AvgIpc) is 2.39. The zero-order chi connectivity index (χ0) is 11.7. The van der Waals surface area contributed by atoms with E-state index >= 15 is 0 Å². The monoisotopic (exact) mass is 230 g/mol. The third-order valence-corrected chi connectivity index (χ3v) is 4.22. The highest BCUT2D eigenvalue weighted by molar-refractivity contribution is 5.54. The van der Waals surface area contributed by atoms with Crippen molar-refractivity contribution < 1.29 is 0 Å². The fourth-order valence-corrected chi connectivity index (χ4v) is 3.36. The molecule has 1 saturated heterocycles. The first-order valence-electron chi connectivity index (χ1n) is 6.93. The number of hydrogen-bond acceptors (Lipinski definition) is 2. The second-order valence-corrected chi connectivity index (χ2v) is 5.49. The Labute approximate surface area is 104 Å². The molecule has 1 aromatic carbocycles. The van der Waals surface area contributed by atoms with Crippen molar-refractivity contribution in [2.24, 2.45) is 5.92 Å². The first-order valence-corrected chi connectivity index (χ1v) is 6.93. The normalized spacial score (nSPS) is 29.5. The molecular weight excluding hydrogens is 208 g/mol. The number of benzene rings is 1. The Kier molecular flexibility index (Phi) is 3.06. The molecule has 2 aliphatic heterocycles. The van der Waals surface area contributed by atoms with Gasteiger partial charge in [-0.15, -0.1) is 0 Å². The van der Waals surface area contributed by atoms with Crippen molar-refractivity contribution >= 4 is 5.69 Å². The summed E-state index contributed by atoms with van der Waals surface area (Å²) < 4.78 is 0. The van der Waals surface area contributed by atoms with Crippen molar-refractivity contribution in [2.45, 2.75) is 32.2 Å². The quantitative estimate of drug-likeness (QED) is 0.796. The summed E-state index contributed by atoms with van der Waals surface area (Å²) >= 11 is 0. The van der Waals surface area contributed by atoms with Crippen LogP contribution in [0.3, 0.4) is 0 Å². The van der Waals surface area contributed by atoms with Crippen LogP contribution in [-0.2, 0) is 0 Å². The van der Waals surface area contributed by atoms with Gasteiger partial charge in [0.05, 0.1) is 0 Å². The number of nitrogens with zero attached hydrogens (tertiary/aromatic N) is 1. The molecule has 2 atom stereocenters. The molecule has 2 unspecified atom stereocenters. The van der Waals surface area contributed by atoms with Crippen molar-refractivity contribution in [1.82, 2.24) is 4.90 Å². The van der Waals surface area contributed by atoms with Crippen molar-refractivity contribution in [2.75, 3.05) is 25.0 Å². The molecule has 0 spiro atoms. The van der Waals surface area contributed by atoms with E-state index in [9.17, 15) is 0 Å². The molecule has 3 rings (SSSR count). The van der Waals surface area contributed by atoms with Crippen molar-refractivity contribution in [3.63, 3.8) is 0 Å². The van der Waals surface area contributed by atoms with Crippen LogP contribution in [0.15, 0.2) is 24.3 Å². The molecule has 1 aromatic rings. The van der Waals surface area contributed by atoms with E-state index in [4.69, 9.17) is 0 Å². The molecule has 2 aliphatic rings. The van der Waals surface area contributed by atoms with E-state index in [0.717, 1.165) is 6.54 Å². The summed E-state index contributed by atoms with van der Waals surface area (Å²) in [6.07, 6.45) is 4.16. The van der Waals surface area contributed by atoms with E-state index < -0.39 is 0 Å². The van der Waals surface area contributed by atoms with Gasteiger partial charge in [0.2, 0.25) is 0 Å². The minimum absolute atomic E-state index is 0.632. The third kappa shape index (κ3) is 2.06. The number of anilines is 1. The molecule has 2 heterocycles. The number of fused-ring (bicyclic) bond motifs is 1. The smallest absolute Gasteiger partial charge is 0.0410 e. The lowest BCUT2D eigenvalue weighted by Gasteiger charge is -2.42. The first-order chi connectivity index (χ1) is 8.36. The number of hydrogen-bond donors (Lipinski definition) is 1. The van der Waals surface area contributed by atoms with Gasteiger partial charge in [0.1, 0.15) is 0 Å². The van der Waals surface area contributed by atoms with E-state index in [0.29, 0.717) is 12.0 Å². The maximum atomic E-state index is 3.55. The van der Waals surface area contributed by atoms with Crippen LogP contribution in [0.2, 0.25) is 0 Å². The predicted molar refractivity (Wildman–Crippen MR) is 72.3 cm³/mol. The van der Waals surface area contributed by atoms with E-state index in [2.05, 4.69) is 41.4 Å². The molecule has 17 heavy (non-hydrogen) atoms. The van der Waals surface area contributed by atoms with Gasteiger partial charge in [-0.25, -0.2) is 0 Å². The number of rotatable bonds is 1. The molecule has 0 bridgehead atoms. The van der Waals surface area contributed by atoms with Crippen molar-refractivity contribution in [3.8, 4) is 0 Å². The van der Waals surface area contributed by atoms with E-state index in [-0.39, 0.29) is 0 Å². The summed E-state index contributed by atoms with van der Waals surface area (Å²) in [6.45, 7) is 6.05. The first kappa shape index (κ1) is 11.1. The zero-order valence-electron chi connectivity index (χ0n) is 10.7. The maximum absolute atomic E-state index is 3.55. The van der Waals surface area contributed by atoms with E-state index in [1.807, 2.05) is 0 Å². The number of likely N-dealkylation sites (tertiary alicyclic amines) is 1. The fraction of sp³-hybridized carbons (Fsp3) is 0.600. The van der Waals surface area contributed by atoms with Crippen molar-refractivity contribution in [3.05, 3.63) is 29.8 Å². The van der Waals surface area contributed by atoms with Crippen LogP contribution in [0.5, 0.6) is 0 Å². The topological polar surface area (TPSA) is 15.3 Å². The molecule has 1 N–H and O–H groups in total. The summed E-state index contributed by atoms with van der Waals surface area (Å²) in [7, 11) is 0. The van der Waals surface area contributed by atoms with E-state index in [1.165, 1.54) is 43.6 Å². The lowest BCUT2D eigenvalue weighted by Crippen LogP contribution is -2.41. The highest BCUT2D eigenvalue weighted by Gasteiger charge is 2.31. The molecule has 0 aliphatic carbocycles. The Hall–Kier alpha value is -1.02. The minimum atomic E-state index is 0.632. The summed E-state index contributed by atoms with van der Waals surface area (Å²) in [6, 6.07) is 9.47. The highest BCUT2D eigenvalue weighted by atomic mass is 15.2. The Morgan fingerprint density at radius 3 is 2.71 bits per heavy atom. The molecule has 0 saturated carbocycles. The van der Waals surface area contributed by atoms with Gasteiger partial charge < -0.3 is 5.32 Å². The second-order valence-electron chi connectivity index (χ2n) is 5.49. The summed E-state index contributed by atoms with van der Waals surface area (Å²) in [5, 5.41) is 3.55. The van der Waals surface area contributed by atoms with Crippen LogP contribution in [0.4, 0.5) is 5.69 Å². The van der Waals surface area contributed by atoms with Crippen LogP contribution in [0, 0.1) is 5.92 Å². The maximum Gasteiger partial charge on any atom is 0.0410 e. The van der Waals surface area contributed by atoms with Crippen LogP contribution >= 0.6 is 0 Å². The molecule has 92 valence electrons. The van der Waals surface area contributed by atoms with Gasteiger partial charge in [-0.05, 0) is 43.5 Å². The standard InChI is InChI=1S/C15H22N2/c1-12-11-16-14-8-4-3-7-13(14)15(12)17-9-5-2-6-10-17/h3-4,7-8,12,15-16H,2,5-6,9-11H2,1H3. The van der Waals surface area contributed by atoms with Gasteiger partial charge in [0.25, 0.3) is 0 Å². The number of piperidine rings is 1. The van der Waals surface area contributed by atoms with Crippen LogP contribution in [0.1, 0.15) is 37.8 Å². The summed E-state index contributed by atoms with van der Waals surface area (Å²) in [5.41, 5.74) is 2.86. The molecule has 2 heteroatoms. The molecule has 0 radical (unpaired) electrons. The Balaban J connectivity index is 1.91. The van der Waals surface area contributed by atoms with Gasteiger partial charge in [0, 0.05) is 18.3 Å². The molecular formula is C15H22N2. The van der Waals surface area contributed by atoms with Crippen LogP contribution in [0.25, 0.3) is 0 Å². The van der Waals surface area contributed by atoms with Gasteiger partial charge in [-0.3, -0.25) is 4.90 Å². The lowest BCUT2D eigenvalue weighted by molar-refractivity contribution is 0.123. The Morgan fingerprint density at radius 2 is 1.88 bits per heavy atom. The van der Waals surface area contributed by atoms with Gasteiger partial charge in [0.15, 0.2) is 0 Å². The predicted octanol–water partition coefficient (Wildman–Crippen LogP) is 3.28. The van der Waals surface area contributed by atoms with Crippen LogP contribution in [-0.4, -0.2) is 24.5 Å². The zero-order valence-corrected chi connectivity index (χ0v) is 10.7. The van der Waals surface area contributed by atoms with Gasteiger partial charge >= 0.3 is 0 Å². The molecule has 0 amide bonds. The third-order valence-electron chi connectivity index (χ3n) is 4.22. The van der Waals surface area contributed by atoms with Crippen LogP contribution < -0.4 is 5.32 Å². The second kappa shape index (κ2) is 4.69. The van der Waals surface area contributed by atoms with Gasteiger partial charge in [-0.1, -0.05) is 31.5 Å².